The molecule has 4 atom stereocenters. The fraction of sp³-hybridized carbons (Fsp3) is 0.627. The van der Waals surface area contributed by atoms with Gasteiger partial charge in [0.1, 0.15) is 5.60 Å². The van der Waals surface area contributed by atoms with E-state index in [1.807, 2.05) is 39.5 Å². The Hall–Kier alpha value is -2.92. The van der Waals surface area contributed by atoms with Gasteiger partial charge in [-0.25, -0.2) is 4.79 Å². The topological polar surface area (TPSA) is 126 Å². The molecule has 2 N–H and O–H groups in total. The Bertz CT molecular complexity index is 1960. The molecule has 66 heavy (non-hydrogen) atoms. The maximum atomic E-state index is 12.0. The molecule has 8 rings (SSSR count). The molecule has 0 radical (unpaired) electrons. The highest BCUT2D eigenvalue weighted by Crippen LogP contribution is 2.48. The van der Waals surface area contributed by atoms with E-state index in [0.29, 0.717) is 25.0 Å². The number of amides is 1. The molecule has 5 heterocycles. The molecule has 0 aromatic heterocycles. The summed E-state index contributed by atoms with van der Waals surface area (Å²) in [7, 11) is 2.81. The van der Waals surface area contributed by atoms with Crippen LogP contribution in [0.2, 0.25) is 0 Å². The Kier molecular flexibility index (Phi) is 23.0. The van der Waals surface area contributed by atoms with Gasteiger partial charge in [0.25, 0.3) is 10.1 Å². The number of aryl methyl sites for hydroxylation is 1. The van der Waals surface area contributed by atoms with E-state index in [9.17, 15) is 13.2 Å². The van der Waals surface area contributed by atoms with E-state index in [2.05, 4.69) is 89.3 Å². The van der Waals surface area contributed by atoms with Gasteiger partial charge >= 0.3 is 6.09 Å². The zero-order chi connectivity index (χ0) is 47.0. The van der Waals surface area contributed by atoms with Gasteiger partial charge < -0.3 is 39.4 Å². The van der Waals surface area contributed by atoms with E-state index in [0.717, 1.165) is 69.9 Å². The summed E-state index contributed by atoms with van der Waals surface area (Å²) in [6.07, 6.45) is 8.96. The average molecular weight is 975 g/mol. The minimum Gasteiger partial charge on any atom is -0.444 e. The number of anilines is 2. The van der Waals surface area contributed by atoms with Crippen LogP contribution in [-0.2, 0) is 19.0 Å². The molecular weight excluding hydrogens is 894 g/mol. The summed E-state index contributed by atoms with van der Waals surface area (Å²) >= 11 is 1.90. The lowest BCUT2D eigenvalue weighted by molar-refractivity contribution is 0.0131. The molecule has 12 nitrogen and oxygen atoms in total. The summed E-state index contributed by atoms with van der Waals surface area (Å²) in [5, 5.41) is 17.8. The van der Waals surface area contributed by atoms with Gasteiger partial charge in [0.05, 0.1) is 22.9 Å². The van der Waals surface area contributed by atoms with Crippen LogP contribution in [0.25, 0.3) is 0 Å². The van der Waals surface area contributed by atoms with Gasteiger partial charge in [0.15, 0.2) is 0 Å². The van der Waals surface area contributed by atoms with Gasteiger partial charge in [-0.05, 0) is 180 Å². The van der Waals surface area contributed by atoms with Gasteiger partial charge in [-0.3, -0.25) is 4.18 Å². The summed E-state index contributed by atoms with van der Waals surface area (Å²) in [5.74, 6) is 1.82. The molecule has 4 saturated heterocycles. The van der Waals surface area contributed by atoms with Crippen LogP contribution < -0.4 is 4.90 Å². The van der Waals surface area contributed by atoms with Crippen LogP contribution in [0.3, 0.4) is 0 Å². The normalized spacial score (nSPS) is 22.6. The molecule has 0 unspecified atom stereocenters. The van der Waals surface area contributed by atoms with Gasteiger partial charge in [0, 0.05) is 62.3 Å². The quantitative estimate of drug-likeness (QED) is 0.209. The summed E-state index contributed by atoms with van der Waals surface area (Å²) in [5.41, 5.74) is 3.34. The number of aliphatic hydroxyl groups is 2. The Morgan fingerprint density at radius 2 is 1.12 bits per heavy atom. The van der Waals surface area contributed by atoms with E-state index in [1.54, 1.807) is 29.2 Å². The smallest absolute Gasteiger partial charge is 0.410 e. The van der Waals surface area contributed by atoms with E-state index in [4.69, 9.17) is 19.1 Å². The van der Waals surface area contributed by atoms with Crippen LogP contribution in [0.5, 0.6) is 0 Å². The molecule has 0 aliphatic carbocycles. The number of rotatable bonds is 8. The minimum absolute atomic E-state index is 0. The van der Waals surface area contributed by atoms with Crippen molar-refractivity contribution in [3.05, 3.63) is 78.4 Å². The number of para-hydroxylation sites is 2. The number of carbonyl (C=O) groups is 1. The third kappa shape index (κ3) is 18.2. The molecule has 0 saturated carbocycles. The first-order valence-electron chi connectivity index (χ1n) is 23.9. The summed E-state index contributed by atoms with van der Waals surface area (Å²) < 4.78 is 34.5. The highest BCUT2D eigenvalue weighted by atomic mass is 35.5. The van der Waals surface area contributed by atoms with Gasteiger partial charge in [0.2, 0.25) is 0 Å². The molecule has 3 aromatic rings. The van der Waals surface area contributed by atoms with Crippen LogP contribution >= 0.6 is 24.2 Å². The van der Waals surface area contributed by atoms with E-state index in [1.165, 1.54) is 66.5 Å². The van der Waals surface area contributed by atoms with Gasteiger partial charge in [-0.2, -0.15) is 8.42 Å². The number of benzene rings is 3. The molecule has 0 bridgehead atoms. The lowest BCUT2D eigenvalue weighted by Crippen LogP contribution is -2.43. The Balaban J connectivity index is 0.000000200. The maximum absolute atomic E-state index is 12.0. The number of likely N-dealkylation sites (tertiary alicyclic amines) is 4. The zero-order valence-electron chi connectivity index (χ0n) is 40.8. The Morgan fingerprint density at radius 3 is 1.62 bits per heavy atom. The first-order valence-corrected chi connectivity index (χ1v) is 26.1. The SMILES string of the molecule is CC(C)(C)OC(=O)N1CCC[C@H](CO)C1.CN1CCC[C@H](CN2c3ccccc3Sc3ccccc32)C1.CN1CCC[C@H](CO)C1.Cc1ccc(S(=O)(=O)OC[C@H]2CCCN(C)C2)cc1.Cl. The molecule has 1 amide bonds. The minimum atomic E-state index is -3.61. The molecule has 0 spiro atoms. The molecule has 4 fully saturated rings. The number of carbonyl (C=O) groups excluding carboxylic acids is 1. The number of aliphatic hydroxyl groups excluding tert-OH is 2. The lowest BCUT2D eigenvalue weighted by Gasteiger charge is -2.38. The van der Waals surface area contributed by atoms with Crippen molar-refractivity contribution in [2.45, 2.75) is 99.3 Å². The third-order valence-electron chi connectivity index (χ3n) is 12.6. The van der Waals surface area contributed by atoms with Crippen LogP contribution in [0.1, 0.15) is 77.7 Å². The predicted molar refractivity (Wildman–Crippen MR) is 271 cm³/mol. The fourth-order valence-electron chi connectivity index (χ4n) is 9.15. The largest absolute Gasteiger partial charge is 0.444 e. The van der Waals surface area contributed by atoms with Crippen molar-refractivity contribution in [1.82, 2.24) is 19.6 Å². The summed E-state index contributed by atoms with van der Waals surface area (Å²) in [6.45, 7) is 17.5. The second-order valence-electron chi connectivity index (χ2n) is 19.8. The molecular formula is C51H80ClN5O7S2. The summed E-state index contributed by atoms with van der Waals surface area (Å²) in [6, 6.07) is 24.4. The number of fused-ring (bicyclic) bond motifs is 2. The number of nitrogens with zero attached hydrogens (tertiary/aromatic N) is 5. The monoisotopic (exact) mass is 974 g/mol. The zero-order valence-corrected chi connectivity index (χ0v) is 43.2. The number of ether oxygens (including phenoxy) is 1. The van der Waals surface area contributed by atoms with Crippen molar-refractivity contribution < 1.29 is 32.3 Å². The second-order valence-corrected chi connectivity index (χ2v) is 22.5. The molecule has 5 aliphatic heterocycles. The first kappa shape index (κ1) is 55.7. The molecule has 3 aromatic carbocycles. The van der Waals surface area contributed by atoms with E-state index >= 15 is 0 Å². The summed E-state index contributed by atoms with van der Waals surface area (Å²) in [4.78, 5) is 25.9. The fourth-order valence-corrected chi connectivity index (χ4v) is 11.2. The Labute approximate surface area is 407 Å². The predicted octanol–water partition coefficient (Wildman–Crippen LogP) is 9.04. The highest BCUT2D eigenvalue weighted by Gasteiger charge is 2.29. The van der Waals surface area contributed by atoms with Crippen LogP contribution in [0.15, 0.2) is 87.5 Å². The van der Waals surface area contributed by atoms with Crippen LogP contribution in [0, 0.1) is 30.6 Å². The van der Waals surface area contributed by atoms with Crippen LogP contribution in [-0.4, -0.2) is 150 Å². The molecule has 5 aliphatic rings. The van der Waals surface area contributed by atoms with Crippen LogP contribution in [0.4, 0.5) is 16.2 Å². The van der Waals surface area contributed by atoms with Crippen molar-refractivity contribution in [2.75, 3.05) is 105 Å². The van der Waals surface area contributed by atoms with Gasteiger partial charge in [-0.1, -0.05) is 53.7 Å². The number of halogens is 1. The standard InChI is InChI=1S/C19H22N2S.C14H21NO3S.C11H21NO3.C7H15NO.ClH/c1-20-12-6-7-15(13-20)14-21-16-8-2-4-10-18(16)22-19-11-5-3-9-17(19)21;1-12-5-7-14(8-6-12)19(16,17)18-11-13-4-3-9-15(2)10-13;1-11(2,3)15-10(14)12-6-4-5-9(7-12)8-13;1-8-4-2-3-7(5-8)6-9;/h2-5,8-11,15H,6-7,12-14H2,1H3;5-8,13H,3-4,9-11H2,1-2H3;9,13H,4-8H2,1-3H3;7,9H,2-6H2,1H3;1H/t15-;13-;9-;7-;/m0000./s1. The van der Waals surface area contributed by atoms with Crippen molar-refractivity contribution in [1.29, 1.82) is 0 Å². The van der Waals surface area contributed by atoms with E-state index in [-0.39, 0.29) is 42.5 Å². The molecule has 15 heteroatoms. The molecule has 370 valence electrons. The maximum Gasteiger partial charge on any atom is 0.410 e. The number of piperidine rings is 4. The Morgan fingerprint density at radius 1 is 0.667 bits per heavy atom. The number of hydrogen-bond acceptors (Lipinski definition) is 12. The van der Waals surface area contributed by atoms with Crippen molar-refractivity contribution in [3.8, 4) is 0 Å². The number of hydrogen-bond donors (Lipinski definition) is 2. The van der Waals surface area contributed by atoms with E-state index < -0.39 is 15.7 Å². The second kappa shape index (κ2) is 27.3. The highest BCUT2D eigenvalue weighted by molar-refractivity contribution is 7.99. The van der Waals surface area contributed by atoms with Gasteiger partial charge in [-0.15, -0.1) is 12.4 Å². The van der Waals surface area contributed by atoms with Crippen molar-refractivity contribution in [3.63, 3.8) is 0 Å². The average Bonchev–Trinajstić information content (AvgIpc) is 3.28. The third-order valence-corrected chi connectivity index (χ3v) is 15.0. The first-order chi connectivity index (χ1) is 31.0. The van der Waals surface area contributed by atoms with Crippen molar-refractivity contribution >= 4 is 51.8 Å². The van der Waals surface area contributed by atoms with Crippen molar-refractivity contribution in [2.24, 2.45) is 23.7 Å². The lowest BCUT2D eigenvalue weighted by atomic mass is 9.97.